The highest BCUT2D eigenvalue weighted by Crippen LogP contribution is 2.01. The van der Waals surface area contributed by atoms with Crippen LogP contribution in [0.4, 0.5) is 0 Å². The topological polar surface area (TPSA) is 101 Å². The van der Waals surface area contributed by atoms with Crippen molar-refractivity contribution in [3.8, 4) is 0 Å². The van der Waals surface area contributed by atoms with Crippen molar-refractivity contribution >= 4 is 10.1 Å². The van der Waals surface area contributed by atoms with Crippen LogP contribution in [-0.2, 0) is 10.1 Å². The molecule has 0 bridgehead atoms. The molecule has 1 aliphatic heterocycles. The Bertz CT molecular complexity index is 310. The maximum atomic E-state index is 10.5. The fraction of sp³-hybridized carbons (Fsp3) is 1.00. The normalized spacial score (nSPS) is 18.2. The maximum absolute atomic E-state index is 10.5. The third-order valence-corrected chi connectivity index (χ3v) is 3.25. The Balaban J connectivity index is 0.000000711. The van der Waals surface area contributed by atoms with Crippen molar-refractivity contribution in [3.63, 3.8) is 0 Å². The second-order valence-corrected chi connectivity index (χ2v) is 6.36. The lowest BCUT2D eigenvalue weighted by molar-refractivity contribution is 0.116. The van der Waals surface area contributed by atoms with E-state index in [0.29, 0.717) is 13.1 Å². The molecule has 8 heteroatoms. The third-order valence-electron chi connectivity index (χ3n) is 2.55. The van der Waals surface area contributed by atoms with Crippen molar-refractivity contribution in [3.05, 3.63) is 0 Å². The molecule has 1 heterocycles. The Hall–Kier alpha value is -0.250. The molecule has 1 fully saturated rings. The molecule has 0 spiro atoms. The van der Waals surface area contributed by atoms with Crippen LogP contribution in [0, 0.1) is 0 Å². The van der Waals surface area contributed by atoms with Crippen LogP contribution in [0.2, 0.25) is 0 Å². The Kier molecular flexibility index (Phi) is 9.50. The monoisotopic (exact) mass is 298 g/mol. The highest BCUT2D eigenvalue weighted by atomic mass is 32.2. The van der Waals surface area contributed by atoms with Gasteiger partial charge >= 0.3 is 0 Å². The van der Waals surface area contributed by atoms with Crippen LogP contribution in [0.25, 0.3) is 0 Å². The maximum Gasteiger partial charge on any atom is 0.266 e. The molecular weight excluding hydrogens is 272 g/mol. The Morgan fingerprint density at radius 3 is 1.74 bits per heavy atom. The molecule has 0 amide bonds. The molecule has 0 aromatic rings. The van der Waals surface area contributed by atoms with Gasteiger partial charge in [0.1, 0.15) is 0 Å². The van der Waals surface area contributed by atoms with E-state index < -0.39 is 10.1 Å². The number of hydrogen-bond donors (Lipinski definition) is 3. The summed E-state index contributed by atoms with van der Waals surface area (Å²) >= 11 is 0. The fourth-order valence-corrected chi connectivity index (χ4v) is 2.11. The number of hydrogen-bond acceptors (Lipinski definition) is 6. The minimum atomic E-state index is -3.84. The minimum absolute atomic E-state index is 0.158. The summed E-state index contributed by atoms with van der Waals surface area (Å²) in [5, 5.41) is 16.8. The second kappa shape index (κ2) is 9.62. The van der Waals surface area contributed by atoms with Gasteiger partial charge in [-0.2, -0.15) is 8.42 Å². The number of β-amino-alcohol motifs (C(OH)–C–C–N with tert-alkyl or cyclic N) is 1. The Labute approximate surface area is 115 Å². The molecule has 19 heavy (non-hydrogen) atoms. The van der Waals surface area contributed by atoms with Gasteiger partial charge in [0.2, 0.25) is 0 Å². The molecule has 0 radical (unpaired) electrons. The molecule has 0 atom stereocenters. The number of piperazine rings is 1. The summed E-state index contributed by atoms with van der Waals surface area (Å²) in [5.41, 5.74) is 0. The summed E-state index contributed by atoms with van der Waals surface area (Å²) in [6.07, 6.45) is -0.167. The van der Waals surface area contributed by atoms with E-state index in [1.54, 1.807) is 13.8 Å². The van der Waals surface area contributed by atoms with Gasteiger partial charge in [-0.3, -0.25) is 14.4 Å². The summed E-state index contributed by atoms with van der Waals surface area (Å²) in [4.78, 5) is 4.13. The molecule has 0 aliphatic carbocycles. The number of rotatable bonds is 5. The zero-order chi connectivity index (χ0) is 14.9. The van der Waals surface area contributed by atoms with Gasteiger partial charge in [-0.05, 0) is 13.8 Å². The SMILES string of the molecule is CC(C)O.O=S(=O)(O)CCN1CCN(CCO)CC1. The minimum Gasteiger partial charge on any atom is -0.395 e. The van der Waals surface area contributed by atoms with Crippen LogP contribution < -0.4 is 0 Å². The third kappa shape index (κ3) is 12.5. The average molecular weight is 298 g/mol. The fourth-order valence-electron chi connectivity index (χ4n) is 1.62. The highest BCUT2D eigenvalue weighted by molar-refractivity contribution is 7.85. The summed E-state index contributed by atoms with van der Waals surface area (Å²) in [7, 11) is -3.84. The van der Waals surface area contributed by atoms with Gasteiger partial charge < -0.3 is 10.2 Å². The molecule has 1 saturated heterocycles. The van der Waals surface area contributed by atoms with Crippen LogP contribution in [0.1, 0.15) is 13.8 Å². The van der Waals surface area contributed by atoms with Gasteiger partial charge in [0.25, 0.3) is 10.1 Å². The van der Waals surface area contributed by atoms with E-state index in [-0.39, 0.29) is 18.5 Å². The predicted molar refractivity (Wildman–Crippen MR) is 73.7 cm³/mol. The number of nitrogens with zero attached hydrogens (tertiary/aromatic N) is 2. The van der Waals surface area contributed by atoms with Crippen molar-refractivity contribution in [1.82, 2.24) is 9.80 Å². The van der Waals surface area contributed by atoms with Crippen molar-refractivity contribution in [1.29, 1.82) is 0 Å². The van der Waals surface area contributed by atoms with E-state index in [0.717, 1.165) is 26.2 Å². The van der Waals surface area contributed by atoms with Gasteiger partial charge in [-0.1, -0.05) is 0 Å². The van der Waals surface area contributed by atoms with Gasteiger partial charge in [0.15, 0.2) is 0 Å². The summed E-state index contributed by atoms with van der Waals surface area (Å²) < 4.78 is 29.6. The second-order valence-electron chi connectivity index (χ2n) is 4.79. The lowest BCUT2D eigenvalue weighted by atomic mass is 10.3. The first-order chi connectivity index (χ1) is 8.74. The first kappa shape index (κ1) is 18.8. The first-order valence-electron chi connectivity index (χ1n) is 6.43. The van der Waals surface area contributed by atoms with Crippen LogP contribution in [0.3, 0.4) is 0 Å². The molecule has 0 aromatic heterocycles. The lowest BCUT2D eigenvalue weighted by Gasteiger charge is -2.33. The number of aliphatic hydroxyl groups excluding tert-OH is 2. The highest BCUT2D eigenvalue weighted by Gasteiger charge is 2.17. The largest absolute Gasteiger partial charge is 0.395 e. The Morgan fingerprint density at radius 2 is 1.42 bits per heavy atom. The van der Waals surface area contributed by atoms with Gasteiger partial charge in [-0.15, -0.1) is 0 Å². The van der Waals surface area contributed by atoms with Gasteiger partial charge in [0.05, 0.1) is 12.4 Å². The molecule has 0 saturated carbocycles. The van der Waals surface area contributed by atoms with E-state index >= 15 is 0 Å². The smallest absolute Gasteiger partial charge is 0.266 e. The van der Waals surface area contributed by atoms with Crippen LogP contribution >= 0.6 is 0 Å². The van der Waals surface area contributed by atoms with E-state index in [1.807, 2.05) is 4.90 Å². The molecule has 0 unspecified atom stereocenters. The number of aliphatic hydroxyl groups is 2. The molecular formula is C11H26N2O5S. The predicted octanol–water partition coefficient (Wildman–Crippen LogP) is -1.13. The van der Waals surface area contributed by atoms with Gasteiger partial charge in [-0.25, -0.2) is 0 Å². The molecule has 7 nitrogen and oxygen atoms in total. The van der Waals surface area contributed by atoms with Crippen LogP contribution in [0.15, 0.2) is 0 Å². The summed E-state index contributed by atoms with van der Waals surface area (Å²) in [6, 6.07) is 0. The van der Waals surface area contributed by atoms with Gasteiger partial charge in [0, 0.05) is 45.4 Å². The van der Waals surface area contributed by atoms with Crippen LogP contribution in [-0.4, -0.2) is 90.7 Å². The lowest BCUT2D eigenvalue weighted by Crippen LogP contribution is -2.48. The van der Waals surface area contributed by atoms with E-state index in [2.05, 4.69) is 4.90 Å². The van der Waals surface area contributed by atoms with Crippen molar-refractivity contribution in [2.24, 2.45) is 0 Å². The molecule has 1 aliphatic rings. The molecule has 0 aromatic carbocycles. The summed E-state index contributed by atoms with van der Waals surface area (Å²) in [5.74, 6) is -0.201. The van der Waals surface area contributed by atoms with Crippen LogP contribution in [0.5, 0.6) is 0 Å². The zero-order valence-electron chi connectivity index (χ0n) is 11.7. The molecule has 3 N–H and O–H groups in total. The zero-order valence-corrected chi connectivity index (χ0v) is 12.5. The van der Waals surface area contributed by atoms with Crippen molar-refractivity contribution in [2.75, 3.05) is 51.6 Å². The molecule has 116 valence electrons. The quantitative estimate of drug-likeness (QED) is 0.552. The Morgan fingerprint density at radius 1 is 1.05 bits per heavy atom. The van der Waals surface area contributed by atoms with Crippen molar-refractivity contribution in [2.45, 2.75) is 20.0 Å². The van der Waals surface area contributed by atoms with Crippen molar-refractivity contribution < 1.29 is 23.2 Å². The molecule has 1 rings (SSSR count). The van der Waals surface area contributed by atoms with E-state index in [1.165, 1.54) is 0 Å². The van der Waals surface area contributed by atoms with E-state index in [4.69, 9.17) is 14.8 Å². The van der Waals surface area contributed by atoms with E-state index in [9.17, 15) is 8.42 Å². The summed E-state index contributed by atoms with van der Waals surface area (Å²) in [6.45, 7) is 7.91. The standard InChI is InChI=1S/C8H18N2O4S.C3H8O/c11-7-5-9-1-3-10(4-2-9)6-8-15(12,13)14;1-3(2)4/h11H,1-8H2,(H,12,13,14);3-4H,1-2H3. The average Bonchev–Trinajstić information content (AvgIpc) is 2.27. The first-order valence-corrected chi connectivity index (χ1v) is 8.04.